The maximum Gasteiger partial charge on any atom is 0.307 e. The van der Waals surface area contributed by atoms with Gasteiger partial charge in [-0.15, -0.1) is 0 Å². The number of carbonyl (C=O) groups excluding carboxylic acids is 2. The van der Waals surface area contributed by atoms with E-state index in [2.05, 4.69) is 4.98 Å². The normalized spacial score (nSPS) is 10.4. The van der Waals surface area contributed by atoms with Gasteiger partial charge in [0.05, 0.1) is 25.3 Å². The van der Waals surface area contributed by atoms with Gasteiger partial charge in [0.1, 0.15) is 0 Å². The Balaban J connectivity index is 1.90. The molecule has 0 aliphatic rings. The summed E-state index contributed by atoms with van der Waals surface area (Å²) < 4.78 is 4.97. The second kappa shape index (κ2) is 11.3. The van der Waals surface area contributed by atoms with Crippen LogP contribution in [-0.4, -0.2) is 34.9 Å². The smallest absolute Gasteiger partial charge is 0.307 e. The molecule has 1 aromatic carbocycles. The molecule has 1 heterocycles. The third-order valence-electron chi connectivity index (χ3n) is 4.09. The third kappa shape index (κ3) is 7.79. The molecule has 0 N–H and O–H groups in total. The molecule has 0 unspecified atom stereocenters. The number of amides is 1. The van der Waals surface area contributed by atoms with Crippen LogP contribution in [-0.2, 0) is 27.3 Å². The summed E-state index contributed by atoms with van der Waals surface area (Å²) in [5, 5.41) is 0.704. The van der Waals surface area contributed by atoms with Crippen molar-refractivity contribution in [1.82, 2.24) is 9.88 Å². The molecule has 1 aromatic heterocycles. The molecule has 5 nitrogen and oxygen atoms in total. The predicted molar refractivity (Wildman–Crippen MR) is 105 cm³/mol. The fourth-order valence-electron chi connectivity index (χ4n) is 2.69. The Morgan fingerprint density at radius 2 is 1.89 bits per heavy atom. The van der Waals surface area contributed by atoms with Crippen molar-refractivity contribution in [2.24, 2.45) is 0 Å². The average Bonchev–Trinajstić information content (AvgIpc) is 2.67. The third-order valence-corrected chi connectivity index (χ3v) is 4.34. The fourth-order valence-corrected chi connectivity index (χ4v) is 2.82. The van der Waals surface area contributed by atoms with Crippen LogP contribution in [0.2, 0.25) is 5.02 Å². The number of hydrogen-bond acceptors (Lipinski definition) is 4. The molecule has 0 spiro atoms. The molecule has 2 rings (SSSR count). The highest BCUT2D eigenvalue weighted by Crippen LogP contribution is 2.13. The van der Waals surface area contributed by atoms with Crippen molar-refractivity contribution in [2.75, 3.05) is 13.2 Å². The first-order chi connectivity index (χ1) is 13.1. The van der Waals surface area contributed by atoms with Crippen molar-refractivity contribution in [3.63, 3.8) is 0 Å². The number of rotatable bonds is 10. The summed E-state index contributed by atoms with van der Waals surface area (Å²) in [7, 11) is 0. The zero-order valence-corrected chi connectivity index (χ0v) is 16.3. The Kier molecular flexibility index (Phi) is 8.78. The monoisotopic (exact) mass is 388 g/mol. The first-order valence-corrected chi connectivity index (χ1v) is 9.54. The van der Waals surface area contributed by atoms with Gasteiger partial charge in [-0.1, -0.05) is 29.8 Å². The molecule has 0 fully saturated rings. The van der Waals surface area contributed by atoms with E-state index in [1.54, 1.807) is 18.0 Å². The van der Waals surface area contributed by atoms with Crippen LogP contribution in [0.15, 0.2) is 48.7 Å². The fraction of sp³-hybridized carbons (Fsp3) is 0.381. The maximum atomic E-state index is 12.7. The molecule has 0 aliphatic heterocycles. The van der Waals surface area contributed by atoms with E-state index in [-0.39, 0.29) is 18.3 Å². The molecule has 0 saturated carbocycles. The van der Waals surface area contributed by atoms with E-state index in [0.29, 0.717) is 31.1 Å². The van der Waals surface area contributed by atoms with E-state index >= 15 is 0 Å². The maximum absolute atomic E-state index is 12.7. The predicted octanol–water partition coefficient (Wildman–Crippen LogP) is 4.04. The highest BCUT2D eigenvalue weighted by molar-refractivity contribution is 6.30. The Morgan fingerprint density at radius 1 is 1.11 bits per heavy atom. The van der Waals surface area contributed by atoms with Gasteiger partial charge in [0.2, 0.25) is 5.91 Å². The number of carbonyl (C=O) groups is 2. The van der Waals surface area contributed by atoms with Gasteiger partial charge in [-0.3, -0.25) is 14.6 Å². The Bertz CT molecular complexity index is 720. The quantitative estimate of drug-likeness (QED) is 0.576. The van der Waals surface area contributed by atoms with Crippen LogP contribution in [0.4, 0.5) is 0 Å². The van der Waals surface area contributed by atoms with Crippen molar-refractivity contribution < 1.29 is 14.3 Å². The second-order valence-electron chi connectivity index (χ2n) is 6.17. The Labute approximate surface area is 165 Å². The van der Waals surface area contributed by atoms with Crippen LogP contribution in [0.25, 0.3) is 0 Å². The van der Waals surface area contributed by atoms with Crippen LogP contribution in [0.3, 0.4) is 0 Å². The summed E-state index contributed by atoms with van der Waals surface area (Å²) in [5.74, 6) is -0.281. The highest BCUT2D eigenvalue weighted by atomic mass is 35.5. The van der Waals surface area contributed by atoms with Gasteiger partial charge in [0.25, 0.3) is 0 Å². The van der Waals surface area contributed by atoms with E-state index in [0.717, 1.165) is 24.1 Å². The number of esters is 1. The molecule has 0 radical (unpaired) electrons. The molecular formula is C21H25ClN2O3. The molecule has 144 valence electrons. The minimum Gasteiger partial charge on any atom is -0.466 e. The second-order valence-corrected chi connectivity index (χ2v) is 6.61. The summed E-state index contributed by atoms with van der Waals surface area (Å²) in [6.07, 6.45) is 3.84. The van der Waals surface area contributed by atoms with Crippen molar-refractivity contribution in [3.05, 3.63) is 64.9 Å². The van der Waals surface area contributed by atoms with E-state index in [9.17, 15) is 9.59 Å². The van der Waals surface area contributed by atoms with E-state index in [4.69, 9.17) is 16.3 Å². The first kappa shape index (κ1) is 20.9. The molecule has 6 heteroatoms. The topological polar surface area (TPSA) is 59.5 Å². The van der Waals surface area contributed by atoms with Gasteiger partial charge in [-0.2, -0.15) is 0 Å². The summed E-state index contributed by atoms with van der Waals surface area (Å²) in [6.45, 7) is 2.83. The van der Waals surface area contributed by atoms with Crippen LogP contribution in [0.5, 0.6) is 0 Å². The number of nitrogens with zero attached hydrogens (tertiary/aromatic N) is 2. The molecule has 0 bridgehead atoms. The summed E-state index contributed by atoms with van der Waals surface area (Å²) in [5.41, 5.74) is 1.95. The summed E-state index contributed by atoms with van der Waals surface area (Å²) in [4.78, 5) is 30.3. The van der Waals surface area contributed by atoms with E-state index < -0.39 is 0 Å². The number of ether oxygens (including phenoxy) is 1. The van der Waals surface area contributed by atoms with Crippen LogP contribution >= 0.6 is 11.6 Å². The Hall–Kier alpha value is -2.40. The molecular weight excluding hydrogens is 364 g/mol. The number of hydrogen-bond donors (Lipinski definition) is 0. The number of benzene rings is 1. The largest absolute Gasteiger partial charge is 0.466 e. The van der Waals surface area contributed by atoms with Crippen molar-refractivity contribution in [2.45, 2.75) is 39.2 Å². The van der Waals surface area contributed by atoms with Gasteiger partial charge in [0.15, 0.2) is 0 Å². The number of pyridine rings is 1. The number of halogens is 1. The molecule has 0 saturated heterocycles. The van der Waals surface area contributed by atoms with Crippen LogP contribution in [0, 0.1) is 0 Å². The van der Waals surface area contributed by atoms with Gasteiger partial charge >= 0.3 is 5.97 Å². The lowest BCUT2D eigenvalue weighted by molar-refractivity contribution is -0.144. The van der Waals surface area contributed by atoms with Gasteiger partial charge in [-0.25, -0.2) is 0 Å². The first-order valence-electron chi connectivity index (χ1n) is 9.16. The molecule has 27 heavy (non-hydrogen) atoms. The standard InChI is InChI=1S/C21H25ClN2O3/c1-2-27-21(26)13-15-24(16-19-7-3-4-14-23-19)20(25)8-5-6-17-9-11-18(22)12-10-17/h3-4,7,9-12,14H,2,5-6,8,13,15-16H2,1H3. The summed E-state index contributed by atoms with van der Waals surface area (Å²) in [6, 6.07) is 13.2. The lowest BCUT2D eigenvalue weighted by Crippen LogP contribution is -2.33. The molecule has 2 aromatic rings. The average molecular weight is 389 g/mol. The van der Waals surface area contributed by atoms with Crippen LogP contribution < -0.4 is 0 Å². The molecule has 0 atom stereocenters. The minimum atomic E-state index is -0.294. The molecule has 0 aliphatic carbocycles. The zero-order chi connectivity index (χ0) is 19.5. The van der Waals surface area contributed by atoms with Crippen molar-refractivity contribution >= 4 is 23.5 Å². The van der Waals surface area contributed by atoms with E-state index in [1.165, 1.54) is 0 Å². The molecule has 1 amide bonds. The number of aromatic nitrogens is 1. The lowest BCUT2D eigenvalue weighted by atomic mass is 10.1. The van der Waals surface area contributed by atoms with Crippen molar-refractivity contribution in [1.29, 1.82) is 0 Å². The van der Waals surface area contributed by atoms with E-state index in [1.807, 2.05) is 42.5 Å². The Morgan fingerprint density at radius 3 is 2.56 bits per heavy atom. The van der Waals surface area contributed by atoms with Crippen LogP contribution in [0.1, 0.15) is 37.4 Å². The lowest BCUT2D eigenvalue weighted by Gasteiger charge is -2.22. The summed E-state index contributed by atoms with van der Waals surface area (Å²) >= 11 is 5.89. The van der Waals surface area contributed by atoms with Gasteiger partial charge < -0.3 is 9.64 Å². The zero-order valence-electron chi connectivity index (χ0n) is 15.6. The number of aryl methyl sites for hydroxylation is 1. The highest BCUT2D eigenvalue weighted by Gasteiger charge is 2.16. The van der Waals surface area contributed by atoms with Gasteiger partial charge in [-0.05, 0) is 49.6 Å². The van der Waals surface area contributed by atoms with Crippen molar-refractivity contribution in [3.8, 4) is 0 Å². The van der Waals surface area contributed by atoms with Gasteiger partial charge in [0, 0.05) is 24.2 Å². The minimum absolute atomic E-state index is 0.0129. The SMILES string of the molecule is CCOC(=O)CCN(Cc1ccccn1)C(=O)CCCc1ccc(Cl)cc1.